The fourth-order valence-corrected chi connectivity index (χ4v) is 2.70. The highest BCUT2D eigenvalue weighted by Crippen LogP contribution is 2.17. The molecule has 6 nitrogen and oxygen atoms in total. The van der Waals surface area contributed by atoms with Crippen LogP contribution in [0.5, 0.6) is 0 Å². The predicted molar refractivity (Wildman–Crippen MR) is 80.9 cm³/mol. The standard InChI is InChI=1S/C16H18N4O2/c1-12-15(21)19(11-13-5-3-2-4-6-13)7-8-20(12)16(22)14-9-17-18-10-14/h2-6,9-10,12H,7-8,11H2,1H3,(H,17,18). The van der Waals surface area contributed by atoms with Gasteiger partial charge >= 0.3 is 0 Å². The minimum absolute atomic E-state index is 0.0213. The van der Waals surface area contributed by atoms with E-state index in [2.05, 4.69) is 10.2 Å². The molecule has 1 fully saturated rings. The Morgan fingerprint density at radius 1 is 1.32 bits per heavy atom. The largest absolute Gasteiger partial charge is 0.335 e. The first-order valence-electron chi connectivity index (χ1n) is 7.29. The second-order valence-corrected chi connectivity index (χ2v) is 5.41. The zero-order chi connectivity index (χ0) is 15.5. The third-order valence-corrected chi connectivity index (χ3v) is 3.97. The van der Waals surface area contributed by atoms with Gasteiger partial charge in [0.1, 0.15) is 6.04 Å². The maximum atomic E-state index is 12.5. The number of rotatable bonds is 3. The Morgan fingerprint density at radius 2 is 2.09 bits per heavy atom. The molecule has 2 amide bonds. The minimum atomic E-state index is -0.458. The van der Waals surface area contributed by atoms with Crippen LogP contribution in [0.4, 0.5) is 0 Å². The number of carbonyl (C=O) groups is 2. The van der Waals surface area contributed by atoms with Gasteiger partial charge in [-0.2, -0.15) is 5.10 Å². The van der Waals surface area contributed by atoms with Crippen molar-refractivity contribution in [2.75, 3.05) is 13.1 Å². The molecular weight excluding hydrogens is 280 g/mol. The number of amides is 2. The van der Waals surface area contributed by atoms with Gasteiger partial charge in [-0.1, -0.05) is 30.3 Å². The number of aromatic amines is 1. The van der Waals surface area contributed by atoms with Crippen LogP contribution in [0.2, 0.25) is 0 Å². The van der Waals surface area contributed by atoms with Crippen LogP contribution >= 0.6 is 0 Å². The average Bonchev–Trinajstić information content (AvgIpc) is 3.07. The highest BCUT2D eigenvalue weighted by molar-refractivity contribution is 5.97. The zero-order valence-corrected chi connectivity index (χ0v) is 12.4. The number of hydrogen-bond acceptors (Lipinski definition) is 3. The Balaban J connectivity index is 1.69. The number of benzene rings is 1. The van der Waals surface area contributed by atoms with Gasteiger partial charge in [0.05, 0.1) is 11.8 Å². The van der Waals surface area contributed by atoms with Gasteiger partial charge in [0.25, 0.3) is 5.91 Å². The molecule has 1 unspecified atom stereocenters. The van der Waals surface area contributed by atoms with Crippen LogP contribution in [0.1, 0.15) is 22.8 Å². The van der Waals surface area contributed by atoms with Gasteiger partial charge in [0.15, 0.2) is 0 Å². The Kier molecular flexibility index (Phi) is 3.91. The summed E-state index contributed by atoms with van der Waals surface area (Å²) in [6.07, 6.45) is 3.03. The lowest BCUT2D eigenvalue weighted by Crippen LogP contribution is -2.57. The van der Waals surface area contributed by atoms with Gasteiger partial charge in [-0.25, -0.2) is 0 Å². The summed E-state index contributed by atoms with van der Waals surface area (Å²) in [6, 6.07) is 9.42. The molecule has 3 rings (SSSR count). The molecule has 0 spiro atoms. The fraction of sp³-hybridized carbons (Fsp3) is 0.312. The molecule has 114 valence electrons. The molecule has 0 bridgehead atoms. The lowest BCUT2D eigenvalue weighted by molar-refractivity contribution is -0.140. The molecule has 2 heterocycles. The van der Waals surface area contributed by atoms with Gasteiger partial charge in [-0.05, 0) is 12.5 Å². The number of hydrogen-bond donors (Lipinski definition) is 1. The van der Waals surface area contributed by atoms with Crippen LogP contribution < -0.4 is 0 Å². The Labute approximate surface area is 128 Å². The number of aromatic nitrogens is 2. The second kappa shape index (κ2) is 6.01. The quantitative estimate of drug-likeness (QED) is 0.928. The van der Waals surface area contributed by atoms with E-state index < -0.39 is 6.04 Å². The van der Waals surface area contributed by atoms with E-state index in [1.807, 2.05) is 30.3 Å². The summed E-state index contributed by atoms with van der Waals surface area (Å²) in [5, 5.41) is 6.41. The molecule has 22 heavy (non-hydrogen) atoms. The summed E-state index contributed by atoms with van der Waals surface area (Å²) >= 11 is 0. The second-order valence-electron chi connectivity index (χ2n) is 5.41. The smallest absolute Gasteiger partial charge is 0.257 e. The molecular formula is C16H18N4O2. The van der Waals surface area contributed by atoms with Crippen LogP contribution in [0.15, 0.2) is 42.7 Å². The van der Waals surface area contributed by atoms with Crippen molar-refractivity contribution in [2.24, 2.45) is 0 Å². The number of nitrogens with one attached hydrogen (secondary N) is 1. The topological polar surface area (TPSA) is 69.3 Å². The fourth-order valence-electron chi connectivity index (χ4n) is 2.70. The van der Waals surface area contributed by atoms with Crippen molar-refractivity contribution in [3.05, 3.63) is 53.9 Å². The van der Waals surface area contributed by atoms with E-state index in [1.54, 1.807) is 22.9 Å². The molecule has 1 saturated heterocycles. The monoisotopic (exact) mass is 298 g/mol. The first-order chi connectivity index (χ1) is 10.7. The van der Waals surface area contributed by atoms with E-state index in [0.717, 1.165) is 5.56 Å². The molecule has 1 N–H and O–H groups in total. The molecule has 1 aromatic carbocycles. The average molecular weight is 298 g/mol. The number of H-pyrrole nitrogens is 1. The molecule has 1 aromatic heterocycles. The van der Waals surface area contributed by atoms with Gasteiger partial charge in [-0.3, -0.25) is 14.7 Å². The molecule has 2 aromatic rings. The molecule has 6 heteroatoms. The van der Waals surface area contributed by atoms with Gasteiger partial charge in [-0.15, -0.1) is 0 Å². The lowest BCUT2D eigenvalue weighted by Gasteiger charge is -2.39. The normalized spacial score (nSPS) is 18.6. The van der Waals surface area contributed by atoms with Crippen molar-refractivity contribution in [3.8, 4) is 0 Å². The third kappa shape index (κ3) is 2.72. The minimum Gasteiger partial charge on any atom is -0.335 e. The van der Waals surface area contributed by atoms with E-state index in [9.17, 15) is 9.59 Å². The molecule has 0 saturated carbocycles. The summed E-state index contributed by atoms with van der Waals surface area (Å²) in [7, 11) is 0. The van der Waals surface area contributed by atoms with Crippen LogP contribution in [-0.4, -0.2) is 50.9 Å². The summed E-state index contributed by atoms with van der Waals surface area (Å²) in [6.45, 7) is 3.43. The molecule has 0 radical (unpaired) electrons. The van der Waals surface area contributed by atoms with Crippen LogP contribution in [0, 0.1) is 0 Å². The predicted octanol–water partition coefficient (Wildman–Crippen LogP) is 1.28. The van der Waals surface area contributed by atoms with Crippen molar-refractivity contribution >= 4 is 11.8 Å². The molecule has 1 atom stereocenters. The first kappa shape index (κ1) is 14.3. The van der Waals surface area contributed by atoms with Crippen molar-refractivity contribution in [2.45, 2.75) is 19.5 Å². The highest BCUT2D eigenvalue weighted by Gasteiger charge is 2.34. The lowest BCUT2D eigenvalue weighted by atomic mass is 10.1. The molecule has 1 aliphatic heterocycles. The Bertz CT molecular complexity index is 654. The van der Waals surface area contributed by atoms with Gasteiger partial charge < -0.3 is 9.80 Å². The van der Waals surface area contributed by atoms with Crippen molar-refractivity contribution in [1.29, 1.82) is 0 Å². The summed E-state index contributed by atoms with van der Waals surface area (Å²) in [5.41, 5.74) is 1.58. The Morgan fingerprint density at radius 3 is 2.77 bits per heavy atom. The van der Waals surface area contributed by atoms with E-state index in [4.69, 9.17) is 0 Å². The van der Waals surface area contributed by atoms with E-state index >= 15 is 0 Å². The summed E-state index contributed by atoms with van der Waals surface area (Å²) in [5.74, 6) is -0.180. The highest BCUT2D eigenvalue weighted by atomic mass is 16.2. The number of piperazine rings is 1. The van der Waals surface area contributed by atoms with Crippen LogP contribution in [0.25, 0.3) is 0 Å². The van der Waals surface area contributed by atoms with Crippen molar-refractivity contribution in [3.63, 3.8) is 0 Å². The van der Waals surface area contributed by atoms with Crippen LogP contribution in [0.3, 0.4) is 0 Å². The van der Waals surface area contributed by atoms with E-state index in [-0.39, 0.29) is 11.8 Å². The summed E-state index contributed by atoms with van der Waals surface area (Å²) in [4.78, 5) is 28.3. The summed E-state index contributed by atoms with van der Waals surface area (Å²) < 4.78 is 0. The third-order valence-electron chi connectivity index (χ3n) is 3.97. The maximum Gasteiger partial charge on any atom is 0.257 e. The zero-order valence-electron chi connectivity index (χ0n) is 12.4. The molecule has 1 aliphatic rings. The first-order valence-corrected chi connectivity index (χ1v) is 7.29. The number of nitrogens with zero attached hydrogens (tertiary/aromatic N) is 3. The van der Waals surface area contributed by atoms with Gasteiger partial charge in [0, 0.05) is 25.8 Å². The Hall–Kier alpha value is -2.63. The van der Waals surface area contributed by atoms with Crippen molar-refractivity contribution < 1.29 is 9.59 Å². The maximum absolute atomic E-state index is 12.5. The number of carbonyl (C=O) groups excluding carboxylic acids is 2. The van der Waals surface area contributed by atoms with Gasteiger partial charge in [0.2, 0.25) is 5.91 Å². The SMILES string of the molecule is CC1C(=O)N(Cc2ccccc2)CCN1C(=O)c1cn[nH]c1. The van der Waals surface area contributed by atoms with E-state index in [0.29, 0.717) is 25.2 Å². The molecule has 0 aliphatic carbocycles. The van der Waals surface area contributed by atoms with E-state index in [1.165, 1.54) is 6.20 Å². The van der Waals surface area contributed by atoms with Crippen molar-refractivity contribution in [1.82, 2.24) is 20.0 Å². The van der Waals surface area contributed by atoms with Crippen LogP contribution in [-0.2, 0) is 11.3 Å².